The van der Waals surface area contributed by atoms with Gasteiger partial charge >= 0.3 is 0 Å². The number of rotatable bonds is 4. The van der Waals surface area contributed by atoms with Gasteiger partial charge in [-0.2, -0.15) is 0 Å². The number of likely N-dealkylation sites (tertiary alicyclic amines) is 1. The first-order chi connectivity index (χ1) is 14.7. The van der Waals surface area contributed by atoms with Crippen molar-refractivity contribution in [3.8, 4) is 11.5 Å². The molecule has 0 aliphatic carbocycles. The molecular weight excluding hydrogens is 389 g/mol. The average Bonchev–Trinajstić information content (AvgIpc) is 3.17. The summed E-state index contributed by atoms with van der Waals surface area (Å²) in [5, 5.41) is 11.2. The molecule has 0 radical (unpaired) electrons. The van der Waals surface area contributed by atoms with Crippen LogP contribution in [-0.4, -0.2) is 58.6 Å². The van der Waals surface area contributed by atoms with Crippen molar-refractivity contribution >= 4 is 22.6 Å². The van der Waals surface area contributed by atoms with Gasteiger partial charge in [-0.1, -0.05) is 5.21 Å². The molecule has 0 bridgehead atoms. The van der Waals surface area contributed by atoms with Gasteiger partial charge in [0.25, 0.3) is 0 Å². The fraction of sp³-hybridized carbons (Fsp3) is 0.381. The molecule has 0 atom stereocenters. The van der Waals surface area contributed by atoms with Crippen LogP contribution in [0.25, 0.3) is 11.0 Å². The molecule has 9 heteroatoms. The lowest BCUT2D eigenvalue weighted by Gasteiger charge is -2.31. The molecule has 0 unspecified atom stereocenters. The summed E-state index contributed by atoms with van der Waals surface area (Å²) < 4.78 is 26.3. The molecule has 2 aromatic carbocycles. The van der Waals surface area contributed by atoms with E-state index in [1.54, 1.807) is 12.1 Å². The van der Waals surface area contributed by atoms with Crippen molar-refractivity contribution in [2.24, 2.45) is 0 Å². The number of nitrogens with one attached hydrogen (secondary N) is 1. The quantitative estimate of drug-likeness (QED) is 0.711. The number of hydrogen-bond acceptors (Lipinski definition) is 6. The van der Waals surface area contributed by atoms with E-state index in [2.05, 4.69) is 20.5 Å². The van der Waals surface area contributed by atoms with Crippen molar-refractivity contribution < 1.29 is 18.7 Å². The van der Waals surface area contributed by atoms with Crippen LogP contribution in [0.15, 0.2) is 36.4 Å². The van der Waals surface area contributed by atoms with Crippen LogP contribution in [-0.2, 0) is 4.79 Å². The molecular formula is C21H22FN5O3. The van der Waals surface area contributed by atoms with Crippen LogP contribution in [0.1, 0.15) is 18.9 Å². The van der Waals surface area contributed by atoms with E-state index < -0.39 is 0 Å². The van der Waals surface area contributed by atoms with Crippen LogP contribution in [0.2, 0.25) is 0 Å². The second kappa shape index (κ2) is 7.91. The second-order valence-electron chi connectivity index (χ2n) is 7.58. The normalized spacial score (nSPS) is 17.2. The zero-order valence-corrected chi connectivity index (χ0v) is 16.4. The van der Waals surface area contributed by atoms with Crippen LogP contribution in [0.4, 0.5) is 10.1 Å². The molecule has 1 aromatic heterocycles. The van der Waals surface area contributed by atoms with Crippen molar-refractivity contribution in [2.45, 2.75) is 18.9 Å². The fourth-order valence-corrected chi connectivity index (χ4v) is 4.03. The Hall–Kier alpha value is -3.20. The summed E-state index contributed by atoms with van der Waals surface area (Å²) in [6.07, 6.45) is 1.71. The number of ether oxygens (including phenoxy) is 2. The Balaban J connectivity index is 1.16. The second-order valence-corrected chi connectivity index (χ2v) is 7.58. The summed E-state index contributed by atoms with van der Waals surface area (Å²) >= 11 is 0. The van der Waals surface area contributed by atoms with Crippen molar-refractivity contribution in [3.05, 3.63) is 42.2 Å². The average molecular weight is 411 g/mol. The van der Waals surface area contributed by atoms with Crippen LogP contribution in [0, 0.1) is 5.82 Å². The number of carbonyl (C=O) groups is 1. The lowest BCUT2D eigenvalue weighted by Crippen LogP contribution is -2.39. The Morgan fingerprint density at radius 1 is 1.10 bits per heavy atom. The van der Waals surface area contributed by atoms with Gasteiger partial charge in [-0.3, -0.25) is 9.69 Å². The maximum Gasteiger partial charge on any atom is 0.238 e. The number of nitrogens with zero attached hydrogens (tertiary/aromatic N) is 4. The largest absolute Gasteiger partial charge is 0.486 e. The number of benzene rings is 2. The van der Waals surface area contributed by atoms with E-state index in [-0.39, 0.29) is 17.8 Å². The Morgan fingerprint density at radius 3 is 2.73 bits per heavy atom. The Kier molecular flexibility index (Phi) is 4.96. The number of carbonyl (C=O) groups excluding carboxylic acids is 1. The van der Waals surface area contributed by atoms with E-state index in [0.717, 1.165) is 31.4 Å². The number of anilines is 1. The van der Waals surface area contributed by atoms with Gasteiger partial charge in [-0.05, 0) is 37.1 Å². The molecule has 30 heavy (non-hydrogen) atoms. The number of halogens is 1. The SMILES string of the molecule is O=C(CN1CCC(n2nnc3cc(F)ccc32)CC1)Nc1ccc2c(c1)OCCO2. The van der Waals surface area contributed by atoms with Gasteiger partial charge in [0, 0.05) is 30.9 Å². The maximum absolute atomic E-state index is 13.4. The molecule has 2 aliphatic rings. The number of aromatic nitrogens is 3. The molecule has 156 valence electrons. The number of fused-ring (bicyclic) bond motifs is 2. The first-order valence-corrected chi connectivity index (χ1v) is 10.1. The van der Waals surface area contributed by atoms with Gasteiger partial charge < -0.3 is 14.8 Å². The Bertz CT molecular complexity index is 1080. The molecule has 3 heterocycles. The Labute approximate surface area is 172 Å². The van der Waals surface area contributed by atoms with Crippen LogP contribution in [0.5, 0.6) is 11.5 Å². The van der Waals surface area contributed by atoms with Crippen molar-refractivity contribution in [2.75, 3.05) is 38.2 Å². The summed E-state index contributed by atoms with van der Waals surface area (Å²) in [6, 6.07) is 10.2. The molecule has 1 amide bonds. The first-order valence-electron chi connectivity index (χ1n) is 10.1. The van der Waals surface area contributed by atoms with E-state index >= 15 is 0 Å². The van der Waals surface area contributed by atoms with Gasteiger partial charge in [0.15, 0.2) is 11.5 Å². The molecule has 3 aromatic rings. The van der Waals surface area contributed by atoms with E-state index in [0.29, 0.717) is 42.5 Å². The van der Waals surface area contributed by atoms with E-state index in [9.17, 15) is 9.18 Å². The topological polar surface area (TPSA) is 81.5 Å². The van der Waals surface area contributed by atoms with Gasteiger partial charge in [-0.25, -0.2) is 9.07 Å². The summed E-state index contributed by atoms with van der Waals surface area (Å²) in [5.74, 6) is 0.977. The summed E-state index contributed by atoms with van der Waals surface area (Å²) in [7, 11) is 0. The zero-order valence-electron chi connectivity index (χ0n) is 16.4. The lowest BCUT2D eigenvalue weighted by molar-refractivity contribution is -0.117. The minimum Gasteiger partial charge on any atom is -0.486 e. The summed E-state index contributed by atoms with van der Waals surface area (Å²) in [4.78, 5) is 14.6. The third-order valence-corrected chi connectivity index (χ3v) is 5.53. The van der Waals surface area contributed by atoms with Crippen molar-refractivity contribution in [3.63, 3.8) is 0 Å². The van der Waals surface area contributed by atoms with Gasteiger partial charge in [0.1, 0.15) is 24.5 Å². The van der Waals surface area contributed by atoms with Crippen LogP contribution < -0.4 is 14.8 Å². The molecule has 8 nitrogen and oxygen atoms in total. The van der Waals surface area contributed by atoms with Gasteiger partial charge in [0.2, 0.25) is 5.91 Å². The molecule has 0 spiro atoms. The summed E-state index contributed by atoms with van der Waals surface area (Å²) in [5.41, 5.74) is 2.10. The zero-order chi connectivity index (χ0) is 20.5. The highest BCUT2D eigenvalue weighted by Gasteiger charge is 2.24. The predicted octanol–water partition coefficient (Wildman–Crippen LogP) is 2.62. The maximum atomic E-state index is 13.4. The standard InChI is InChI=1S/C21H22FN5O3/c22-14-1-3-18-17(11-14)24-25-27(18)16-5-7-26(8-6-16)13-21(28)23-15-2-4-19-20(12-15)30-10-9-29-19/h1-4,11-12,16H,5-10,13H2,(H,23,28). The third kappa shape index (κ3) is 3.80. The predicted molar refractivity (Wildman–Crippen MR) is 108 cm³/mol. The number of piperidine rings is 1. The van der Waals surface area contributed by atoms with Crippen LogP contribution >= 0.6 is 0 Å². The highest BCUT2D eigenvalue weighted by molar-refractivity contribution is 5.92. The molecule has 1 N–H and O–H groups in total. The van der Waals surface area contributed by atoms with Gasteiger partial charge in [-0.15, -0.1) is 5.10 Å². The smallest absolute Gasteiger partial charge is 0.238 e. The molecule has 2 aliphatic heterocycles. The molecule has 1 saturated heterocycles. The summed E-state index contributed by atoms with van der Waals surface area (Å²) in [6.45, 7) is 2.93. The number of amides is 1. The monoisotopic (exact) mass is 411 g/mol. The molecule has 5 rings (SSSR count). The Morgan fingerprint density at radius 2 is 1.90 bits per heavy atom. The van der Waals surface area contributed by atoms with Crippen molar-refractivity contribution in [1.29, 1.82) is 0 Å². The van der Waals surface area contributed by atoms with E-state index in [1.165, 1.54) is 12.1 Å². The minimum absolute atomic E-state index is 0.0631. The third-order valence-electron chi connectivity index (χ3n) is 5.53. The van der Waals surface area contributed by atoms with Crippen molar-refractivity contribution in [1.82, 2.24) is 19.9 Å². The van der Waals surface area contributed by atoms with Gasteiger partial charge in [0.05, 0.1) is 18.1 Å². The van der Waals surface area contributed by atoms with E-state index in [4.69, 9.17) is 9.47 Å². The van der Waals surface area contributed by atoms with Crippen LogP contribution in [0.3, 0.4) is 0 Å². The lowest BCUT2D eigenvalue weighted by atomic mass is 10.0. The molecule has 0 saturated carbocycles. The highest BCUT2D eigenvalue weighted by Crippen LogP contribution is 2.32. The number of hydrogen-bond donors (Lipinski definition) is 1. The first kappa shape index (κ1) is 18.8. The van der Waals surface area contributed by atoms with E-state index in [1.807, 2.05) is 16.8 Å². The molecule has 1 fully saturated rings. The minimum atomic E-state index is -0.312. The highest BCUT2D eigenvalue weighted by atomic mass is 19.1. The fourth-order valence-electron chi connectivity index (χ4n) is 4.03.